The minimum atomic E-state index is -1.26. The van der Waals surface area contributed by atoms with Crippen molar-refractivity contribution in [3.8, 4) is 0 Å². The lowest BCUT2D eigenvalue weighted by molar-refractivity contribution is -0.136. The molecular weight excluding hydrogens is 300 g/mol. The summed E-state index contributed by atoms with van der Waals surface area (Å²) in [5.74, 6) is -1.59. The van der Waals surface area contributed by atoms with Gasteiger partial charge >= 0.3 is 11.7 Å². The molecule has 1 aliphatic heterocycles. The highest BCUT2D eigenvalue weighted by molar-refractivity contribution is 5.88. The van der Waals surface area contributed by atoms with Gasteiger partial charge in [0.2, 0.25) is 5.76 Å². The van der Waals surface area contributed by atoms with Crippen LogP contribution >= 0.6 is 0 Å². The second kappa shape index (κ2) is 5.60. The zero-order valence-corrected chi connectivity index (χ0v) is 12.4. The van der Waals surface area contributed by atoms with Gasteiger partial charge < -0.3 is 9.84 Å². The lowest BCUT2D eigenvalue weighted by Gasteiger charge is -2.20. The van der Waals surface area contributed by atoms with Gasteiger partial charge in [0.15, 0.2) is 0 Å². The first-order valence-electron chi connectivity index (χ1n) is 6.95. The third kappa shape index (κ3) is 2.57. The molecule has 23 heavy (non-hydrogen) atoms. The summed E-state index contributed by atoms with van der Waals surface area (Å²) in [5, 5.41) is 9.01. The summed E-state index contributed by atoms with van der Waals surface area (Å²) in [7, 11) is 0. The van der Waals surface area contributed by atoms with Gasteiger partial charge in [0, 0.05) is 5.56 Å². The van der Waals surface area contributed by atoms with Gasteiger partial charge in [0.25, 0.3) is 5.56 Å². The van der Waals surface area contributed by atoms with Crippen LogP contribution in [0.4, 0.5) is 0 Å². The first kappa shape index (κ1) is 14.8. The van der Waals surface area contributed by atoms with Crippen LogP contribution in [0.2, 0.25) is 0 Å². The van der Waals surface area contributed by atoms with Crippen LogP contribution in [0, 0.1) is 6.92 Å². The summed E-state index contributed by atoms with van der Waals surface area (Å²) in [5.41, 5.74) is 0.555. The molecule has 3 rings (SSSR count). The Morgan fingerprint density at radius 2 is 1.96 bits per heavy atom. The Hall–Kier alpha value is -3.09. The number of nitrogens with zero attached hydrogens (tertiary/aromatic N) is 2. The molecule has 7 nitrogen and oxygen atoms in total. The lowest BCUT2D eigenvalue weighted by atomic mass is 10.2. The van der Waals surface area contributed by atoms with E-state index in [1.807, 2.05) is 30.3 Å². The molecule has 0 amide bonds. The van der Waals surface area contributed by atoms with Crippen LogP contribution < -0.4 is 11.2 Å². The number of fused-ring (bicyclic) bond motifs is 1. The first-order valence-corrected chi connectivity index (χ1v) is 6.95. The van der Waals surface area contributed by atoms with Crippen molar-refractivity contribution < 1.29 is 14.6 Å². The number of carboxylic acids is 1. The van der Waals surface area contributed by atoms with Gasteiger partial charge in [-0.05, 0) is 12.5 Å². The largest absolute Gasteiger partial charge is 0.479 e. The van der Waals surface area contributed by atoms with Crippen molar-refractivity contribution in [1.29, 1.82) is 0 Å². The molecule has 0 saturated heterocycles. The van der Waals surface area contributed by atoms with Gasteiger partial charge in [-0.1, -0.05) is 30.3 Å². The van der Waals surface area contributed by atoms with E-state index in [2.05, 4.69) is 0 Å². The van der Waals surface area contributed by atoms with E-state index in [0.717, 1.165) is 16.3 Å². The molecular formula is C16H14N2O5. The molecule has 2 heterocycles. The third-order valence-corrected chi connectivity index (χ3v) is 3.73. The van der Waals surface area contributed by atoms with Gasteiger partial charge in [-0.3, -0.25) is 13.9 Å². The maximum Gasteiger partial charge on any atom is 0.372 e. The molecule has 0 unspecified atom stereocenters. The number of aliphatic carboxylic acids is 1. The Labute approximate surface area is 130 Å². The maximum atomic E-state index is 12.6. The van der Waals surface area contributed by atoms with E-state index < -0.39 is 17.2 Å². The SMILES string of the molecule is Cc1c2n(c(=O)n(Cc3ccccc3)c1=O)C=C(C(=O)O)OC2. The lowest BCUT2D eigenvalue weighted by Crippen LogP contribution is -2.43. The van der Waals surface area contributed by atoms with Crippen molar-refractivity contribution in [3.63, 3.8) is 0 Å². The van der Waals surface area contributed by atoms with Crippen LogP contribution in [0.5, 0.6) is 0 Å². The van der Waals surface area contributed by atoms with E-state index in [0.29, 0.717) is 11.3 Å². The predicted molar refractivity (Wildman–Crippen MR) is 81.9 cm³/mol. The molecule has 0 aliphatic carbocycles. The van der Waals surface area contributed by atoms with E-state index in [1.165, 1.54) is 4.57 Å². The molecule has 0 saturated carbocycles. The second-order valence-electron chi connectivity index (χ2n) is 5.19. The average molecular weight is 314 g/mol. The monoisotopic (exact) mass is 314 g/mol. The molecule has 0 bridgehead atoms. The zero-order chi connectivity index (χ0) is 16.6. The van der Waals surface area contributed by atoms with Crippen LogP contribution in [0.25, 0.3) is 6.20 Å². The Morgan fingerprint density at radius 3 is 2.61 bits per heavy atom. The van der Waals surface area contributed by atoms with Gasteiger partial charge in [0.05, 0.1) is 18.4 Å². The molecule has 1 aliphatic rings. The van der Waals surface area contributed by atoms with Crippen LogP contribution in [0.1, 0.15) is 16.8 Å². The first-order chi connectivity index (χ1) is 11.0. The Kier molecular flexibility index (Phi) is 3.61. The number of ether oxygens (including phenoxy) is 1. The number of hydrogen-bond donors (Lipinski definition) is 1. The van der Waals surface area contributed by atoms with Crippen molar-refractivity contribution >= 4 is 12.2 Å². The molecule has 0 radical (unpaired) electrons. The van der Waals surface area contributed by atoms with Crippen molar-refractivity contribution in [3.05, 3.63) is 73.7 Å². The normalized spacial score (nSPS) is 13.0. The van der Waals surface area contributed by atoms with Crippen molar-refractivity contribution in [2.75, 3.05) is 0 Å². The molecule has 1 aromatic heterocycles. The molecule has 0 spiro atoms. The highest BCUT2D eigenvalue weighted by atomic mass is 16.5. The van der Waals surface area contributed by atoms with E-state index >= 15 is 0 Å². The molecule has 2 aromatic rings. The smallest absolute Gasteiger partial charge is 0.372 e. The summed E-state index contributed by atoms with van der Waals surface area (Å²) in [4.78, 5) is 36.1. The van der Waals surface area contributed by atoms with Gasteiger partial charge in [-0.2, -0.15) is 0 Å². The molecule has 1 aromatic carbocycles. The van der Waals surface area contributed by atoms with Gasteiger partial charge in [-0.25, -0.2) is 9.59 Å². The molecule has 0 fully saturated rings. The van der Waals surface area contributed by atoms with Crippen LogP contribution in [-0.4, -0.2) is 20.2 Å². The molecule has 0 atom stereocenters. The van der Waals surface area contributed by atoms with Gasteiger partial charge in [-0.15, -0.1) is 0 Å². The summed E-state index contributed by atoms with van der Waals surface area (Å²) < 4.78 is 7.33. The molecule has 118 valence electrons. The summed E-state index contributed by atoms with van der Waals surface area (Å²) in [6.45, 7) is 1.59. The fourth-order valence-electron chi connectivity index (χ4n) is 2.47. The minimum absolute atomic E-state index is 0.122. The van der Waals surface area contributed by atoms with E-state index in [1.54, 1.807) is 6.92 Å². The number of carboxylic acid groups (broad SMARTS) is 1. The number of aromatic nitrogens is 2. The Balaban J connectivity index is 2.19. The summed E-state index contributed by atoms with van der Waals surface area (Å²) in [6.07, 6.45) is 1.11. The van der Waals surface area contributed by atoms with Crippen LogP contribution in [0.3, 0.4) is 0 Å². The van der Waals surface area contributed by atoms with Crippen molar-refractivity contribution in [1.82, 2.24) is 9.13 Å². The van der Waals surface area contributed by atoms with Crippen LogP contribution in [0.15, 0.2) is 45.7 Å². The average Bonchev–Trinajstić information content (AvgIpc) is 2.57. The van der Waals surface area contributed by atoms with Gasteiger partial charge in [0.1, 0.15) is 6.61 Å². The van der Waals surface area contributed by atoms with E-state index in [9.17, 15) is 14.4 Å². The Morgan fingerprint density at radius 1 is 1.26 bits per heavy atom. The summed E-state index contributed by atoms with van der Waals surface area (Å²) in [6, 6.07) is 9.11. The second-order valence-corrected chi connectivity index (χ2v) is 5.19. The minimum Gasteiger partial charge on any atom is -0.479 e. The molecule has 1 N–H and O–H groups in total. The third-order valence-electron chi connectivity index (χ3n) is 3.73. The van der Waals surface area contributed by atoms with E-state index in [-0.39, 0.29) is 18.9 Å². The number of rotatable bonds is 3. The highest BCUT2D eigenvalue weighted by Gasteiger charge is 2.22. The highest BCUT2D eigenvalue weighted by Crippen LogP contribution is 2.15. The predicted octanol–water partition coefficient (Wildman–Crippen LogP) is 0.780. The number of hydrogen-bond acceptors (Lipinski definition) is 4. The maximum absolute atomic E-state index is 12.6. The Bertz CT molecular complexity index is 922. The van der Waals surface area contributed by atoms with Crippen LogP contribution in [-0.2, 0) is 22.7 Å². The van der Waals surface area contributed by atoms with Crippen molar-refractivity contribution in [2.24, 2.45) is 0 Å². The number of carbonyl (C=O) groups is 1. The quantitative estimate of drug-likeness (QED) is 0.904. The molecule has 7 heteroatoms. The standard InChI is InChI=1S/C16H14N2O5/c1-10-12-9-23-13(15(20)21)8-17(12)16(22)18(14(10)19)7-11-5-3-2-4-6-11/h2-6,8H,7,9H2,1H3,(H,20,21). The number of benzene rings is 1. The zero-order valence-electron chi connectivity index (χ0n) is 12.4. The summed E-state index contributed by atoms with van der Waals surface area (Å²) >= 11 is 0. The van der Waals surface area contributed by atoms with E-state index in [4.69, 9.17) is 9.84 Å². The van der Waals surface area contributed by atoms with Crippen molar-refractivity contribution in [2.45, 2.75) is 20.1 Å². The fraction of sp³-hybridized carbons (Fsp3) is 0.188. The topological polar surface area (TPSA) is 90.5 Å². The fourth-order valence-corrected chi connectivity index (χ4v) is 2.47.